The number of hydrogen-bond donors (Lipinski definition) is 1. The zero-order chi connectivity index (χ0) is 29.0. The highest BCUT2D eigenvalue weighted by Crippen LogP contribution is 2.44. The molecule has 0 aromatic heterocycles. The zero-order valence-corrected chi connectivity index (χ0v) is 22.4. The molecule has 2 nitrogen and oxygen atoms in total. The van der Waals surface area contributed by atoms with Gasteiger partial charge in [-0.05, 0) is 57.5 Å². The van der Waals surface area contributed by atoms with Crippen molar-refractivity contribution in [3.05, 3.63) is 106 Å². The van der Waals surface area contributed by atoms with Crippen LogP contribution in [0.4, 0.5) is 37.7 Å². The summed E-state index contributed by atoms with van der Waals surface area (Å²) in [5.41, 5.74) is 1.86. The number of aliphatic imine (C=N–C) groups is 1. The summed E-state index contributed by atoms with van der Waals surface area (Å²) >= 11 is 0. The second-order valence-corrected chi connectivity index (χ2v) is 10.7. The predicted molar refractivity (Wildman–Crippen MR) is 148 cm³/mol. The number of nitrogens with zero attached hydrogens (tertiary/aromatic N) is 1. The first-order valence-corrected chi connectivity index (χ1v) is 13.0. The van der Waals surface area contributed by atoms with E-state index < -0.39 is 29.5 Å². The van der Waals surface area contributed by atoms with Crippen molar-refractivity contribution in [2.75, 3.05) is 5.32 Å². The molecule has 0 radical (unpaired) electrons. The van der Waals surface area contributed by atoms with Crippen LogP contribution >= 0.6 is 0 Å². The Bertz CT molecular complexity index is 1550. The summed E-state index contributed by atoms with van der Waals surface area (Å²) in [4.78, 5) is 5.17. The maximum atomic E-state index is 13.6. The van der Waals surface area contributed by atoms with Gasteiger partial charge in [-0.25, -0.2) is 4.99 Å². The molecule has 0 spiro atoms. The average Bonchev–Trinajstić information content (AvgIpc) is 3.16. The van der Waals surface area contributed by atoms with E-state index in [0.717, 1.165) is 50.8 Å². The number of rotatable bonds is 5. The first-order valence-electron chi connectivity index (χ1n) is 13.0. The van der Waals surface area contributed by atoms with Gasteiger partial charge in [0.05, 0.1) is 28.6 Å². The van der Waals surface area contributed by atoms with Gasteiger partial charge < -0.3 is 5.32 Å². The van der Waals surface area contributed by atoms with E-state index in [4.69, 9.17) is 4.99 Å². The summed E-state index contributed by atoms with van der Waals surface area (Å²) in [6, 6.07) is 18.1. The Kier molecular flexibility index (Phi) is 6.92. The molecule has 8 heteroatoms. The zero-order valence-electron chi connectivity index (χ0n) is 22.4. The van der Waals surface area contributed by atoms with Crippen LogP contribution < -0.4 is 5.32 Å². The molecular formula is C32H28F6N2. The van der Waals surface area contributed by atoms with Crippen molar-refractivity contribution in [1.29, 1.82) is 0 Å². The third-order valence-corrected chi connectivity index (χ3v) is 7.27. The van der Waals surface area contributed by atoms with Gasteiger partial charge in [0, 0.05) is 11.3 Å². The topological polar surface area (TPSA) is 24.4 Å². The second kappa shape index (κ2) is 9.98. The Morgan fingerprint density at radius 2 is 1.23 bits per heavy atom. The molecular weight excluding hydrogens is 526 g/mol. The SMILES string of the molecule is CC(C)c1cccc(C(C)C)c1N=C1c2cccc3cccc(c23)C1Nc1cc(C(F)(F)F)cc(C(F)(F)F)c1. The van der Waals surface area contributed by atoms with Gasteiger partial charge >= 0.3 is 12.4 Å². The van der Waals surface area contributed by atoms with E-state index in [1.807, 2.05) is 54.6 Å². The summed E-state index contributed by atoms with van der Waals surface area (Å²) in [6.45, 7) is 8.24. The molecule has 1 N–H and O–H groups in total. The van der Waals surface area contributed by atoms with Crippen molar-refractivity contribution < 1.29 is 26.3 Å². The van der Waals surface area contributed by atoms with Gasteiger partial charge in [-0.2, -0.15) is 26.3 Å². The molecule has 0 aliphatic heterocycles. The lowest BCUT2D eigenvalue weighted by Gasteiger charge is -2.22. The minimum Gasteiger partial charge on any atom is -0.373 e. The Morgan fingerprint density at radius 1 is 0.700 bits per heavy atom. The van der Waals surface area contributed by atoms with E-state index in [9.17, 15) is 26.3 Å². The van der Waals surface area contributed by atoms with Crippen LogP contribution in [0.25, 0.3) is 10.8 Å². The summed E-state index contributed by atoms with van der Waals surface area (Å²) in [6.07, 6.45) is -9.90. The van der Waals surface area contributed by atoms with Gasteiger partial charge in [0.2, 0.25) is 0 Å². The van der Waals surface area contributed by atoms with Crippen molar-refractivity contribution in [2.45, 2.75) is 57.9 Å². The van der Waals surface area contributed by atoms with Crippen LogP contribution in [0.3, 0.4) is 0 Å². The molecule has 4 aromatic rings. The predicted octanol–water partition coefficient (Wildman–Crippen LogP) is 10.4. The first kappa shape index (κ1) is 27.7. The van der Waals surface area contributed by atoms with Crippen LogP contribution in [0.2, 0.25) is 0 Å². The fraction of sp³-hybridized carbons (Fsp3) is 0.281. The monoisotopic (exact) mass is 554 g/mol. The molecule has 5 rings (SSSR count). The van der Waals surface area contributed by atoms with Gasteiger partial charge in [-0.1, -0.05) is 82.3 Å². The van der Waals surface area contributed by atoms with E-state index in [1.54, 1.807) is 0 Å². The highest BCUT2D eigenvalue weighted by molar-refractivity contribution is 6.22. The fourth-order valence-electron chi connectivity index (χ4n) is 5.36. The normalized spacial score (nSPS) is 16.5. The number of nitrogens with one attached hydrogen (secondary N) is 1. The fourth-order valence-corrected chi connectivity index (χ4v) is 5.36. The molecule has 0 bridgehead atoms. The molecule has 0 fully saturated rings. The lowest BCUT2D eigenvalue weighted by atomic mass is 9.92. The van der Waals surface area contributed by atoms with Crippen molar-refractivity contribution in [3.8, 4) is 0 Å². The lowest BCUT2D eigenvalue weighted by Crippen LogP contribution is -2.19. The maximum Gasteiger partial charge on any atom is 0.416 e. The third-order valence-electron chi connectivity index (χ3n) is 7.27. The van der Waals surface area contributed by atoms with Gasteiger partial charge in [0.25, 0.3) is 0 Å². The number of alkyl halides is 6. The van der Waals surface area contributed by atoms with Crippen molar-refractivity contribution >= 4 is 27.9 Å². The molecule has 0 saturated heterocycles. The van der Waals surface area contributed by atoms with Gasteiger partial charge in [-0.3, -0.25) is 0 Å². The van der Waals surface area contributed by atoms with Crippen LogP contribution in [-0.4, -0.2) is 5.71 Å². The molecule has 1 unspecified atom stereocenters. The molecule has 1 atom stereocenters. The Labute approximate surface area is 228 Å². The highest BCUT2D eigenvalue weighted by Gasteiger charge is 2.38. The van der Waals surface area contributed by atoms with Crippen LogP contribution in [0.15, 0.2) is 77.8 Å². The van der Waals surface area contributed by atoms with Crippen LogP contribution in [0, 0.1) is 0 Å². The van der Waals surface area contributed by atoms with Gasteiger partial charge in [-0.15, -0.1) is 0 Å². The Balaban J connectivity index is 1.75. The van der Waals surface area contributed by atoms with Crippen molar-refractivity contribution in [1.82, 2.24) is 0 Å². The summed E-state index contributed by atoms with van der Waals surface area (Å²) in [5.74, 6) is 0.281. The Hall–Kier alpha value is -3.81. The van der Waals surface area contributed by atoms with E-state index in [0.29, 0.717) is 5.71 Å². The van der Waals surface area contributed by atoms with E-state index >= 15 is 0 Å². The Morgan fingerprint density at radius 3 is 1.75 bits per heavy atom. The molecule has 4 aromatic carbocycles. The lowest BCUT2D eigenvalue weighted by molar-refractivity contribution is -0.143. The molecule has 1 aliphatic rings. The molecule has 1 aliphatic carbocycles. The minimum absolute atomic E-state index is 0.137. The number of halogens is 6. The second-order valence-electron chi connectivity index (χ2n) is 10.7. The van der Waals surface area contributed by atoms with E-state index in [2.05, 4.69) is 33.0 Å². The van der Waals surface area contributed by atoms with Gasteiger partial charge in [0.15, 0.2) is 0 Å². The summed E-state index contributed by atoms with van der Waals surface area (Å²) < 4.78 is 81.8. The summed E-state index contributed by atoms with van der Waals surface area (Å²) in [5, 5.41) is 4.79. The van der Waals surface area contributed by atoms with Gasteiger partial charge in [0.1, 0.15) is 0 Å². The van der Waals surface area contributed by atoms with Crippen LogP contribution in [0.1, 0.15) is 79.0 Å². The molecule has 40 heavy (non-hydrogen) atoms. The number of benzene rings is 4. The number of anilines is 1. The van der Waals surface area contributed by atoms with E-state index in [1.165, 1.54) is 0 Å². The standard InChI is InChI=1S/C32H28F6N2/c1-17(2)23-10-7-11-24(18(3)4)28(23)40-30-26-13-6-9-19-8-5-12-25(27(19)26)29(30)39-22-15-20(31(33,34)35)14-21(16-22)32(36,37)38/h5-18,29,39H,1-4H3. The van der Waals surface area contributed by atoms with E-state index in [-0.39, 0.29) is 23.6 Å². The quantitative estimate of drug-likeness (QED) is 0.244. The smallest absolute Gasteiger partial charge is 0.373 e. The summed E-state index contributed by atoms with van der Waals surface area (Å²) in [7, 11) is 0. The van der Waals surface area contributed by atoms with Crippen molar-refractivity contribution in [3.63, 3.8) is 0 Å². The van der Waals surface area contributed by atoms with Crippen LogP contribution in [0.5, 0.6) is 0 Å². The number of para-hydroxylation sites is 1. The molecule has 0 heterocycles. The van der Waals surface area contributed by atoms with Crippen LogP contribution in [-0.2, 0) is 12.4 Å². The molecule has 0 saturated carbocycles. The average molecular weight is 555 g/mol. The minimum atomic E-state index is -4.95. The maximum absolute atomic E-state index is 13.6. The molecule has 208 valence electrons. The molecule has 0 amide bonds. The highest BCUT2D eigenvalue weighted by atomic mass is 19.4. The van der Waals surface area contributed by atoms with Crippen molar-refractivity contribution in [2.24, 2.45) is 4.99 Å². The number of hydrogen-bond acceptors (Lipinski definition) is 2. The first-order chi connectivity index (χ1) is 18.8. The largest absolute Gasteiger partial charge is 0.416 e. The third kappa shape index (κ3) is 5.07.